The second kappa shape index (κ2) is 6.58. The van der Waals surface area contributed by atoms with Gasteiger partial charge in [-0.1, -0.05) is 15.9 Å². The minimum atomic E-state index is -4.32. The summed E-state index contributed by atoms with van der Waals surface area (Å²) in [6, 6.07) is 0. The third-order valence-corrected chi connectivity index (χ3v) is 3.42. The minimum Gasteiger partial charge on any atom is -0.372 e. The van der Waals surface area contributed by atoms with E-state index in [0.717, 1.165) is 12.8 Å². The lowest BCUT2D eigenvalue weighted by Gasteiger charge is -2.29. The Hall–Kier alpha value is -0.300. The molecule has 3 nitrogen and oxygen atoms in total. The summed E-state index contributed by atoms with van der Waals surface area (Å²) in [6.07, 6.45) is -2.54. The highest BCUT2D eigenvalue weighted by molar-refractivity contribution is 9.09. The SMILES string of the molecule is O=C(CCOCC(F)(F)F)N1CCC(Br)CC1. The van der Waals surface area contributed by atoms with E-state index in [1.807, 2.05) is 0 Å². The zero-order chi connectivity index (χ0) is 12.9. The maximum atomic E-state index is 11.8. The van der Waals surface area contributed by atoms with Crippen molar-refractivity contribution in [3.05, 3.63) is 0 Å². The molecule has 1 saturated heterocycles. The third-order valence-electron chi connectivity index (χ3n) is 2.50. The molecule has 1 aliphatic heterocycles. The van der Waals surface area contributed by atoms with Gasteiger partial charge in [-0.05, 0) is 12.8 Å². The number of hydrogen-bond donors (Lipinski definition) is 0. The molecule has 0 saturated carbocycles. The number of alkyl halides is 4. The highest BCUT2D eigenvalue weighted by atomic mass is 79.9. The van der Waals surface area contributed by atoms with Crippen LogP contribution in [0.25, 0.3) is 0 Å². The molecule has 1 rings (SSSR count). The van der Waals surface area contributed by atoms with Gasteiger partial charge in [0.25, 0.3) is 0 Å². The summed E-state index contributed by atoms with van der Waals surface area (Å²) >= 11 is 3.46. The topological polar surface area (TPSA) is 29.5 Å². The Bertz CT molecular complexity index is 252. The fraction of sp³-hybridized carbons (Fsp3) is 0.900. The molecule has 0 aromatic carbocycles. The summed E-state index contributed by atoms with van der Waals surface area (Å²) in [4.78, 5) is 13.7. The highest BCUT2D eigenvalue weighted by Crippen LogP contribution is 2.18. The number of hydrogen-bond acceptors (Lipinski definition) is 2. The molecule has 0 spiro atoms. The molecule has 1 amide bonds. The van der Waals surface area contributed by atoms with E-state index in [-0.39, 0.29) is 18.9 Å². The number of likely N-dealkylation sites (tertiary alicyclic amines) is 1. The van der Waals surface area contributed by atoms with Crippen LogP contribution in [0.1, 0.15) is 19.3 Å². The number of piperidine rings is 1. The van der Waals surface area contributed by atoms with Gasteiger partial charge in [0.1, 0.15) is 6.61 Å². The minimum absolute atomic E-state index is 0.0169. The molecule has 1 heterocycles. The van der Waals surface area contributed by atoms with Crippen molar-refractivity contribution in [2.24, 2.45) is 0 Å². The molecular weight excluding hydrogens is 303 g/mol. The summed E-state index contributed by atoms with van der Waals surface area (Å²) in [5.41, 5.74) is 0. The van der Waals surface area contributed by atoms with Crippen LogP contribution in [0.4, 0.5) is 13.2 Å². The molecule has 0 atom stereocenters. The van der Waals surface area contributed by atoms with Gasteiger partial charge < -0.3 is 9.64 Å². The maximum absolute atomic E-state index is 11.8. The van der Waals surface area contributed by atoms with E-state index in [1.54, 1.807) is 4.90 Å². The Morgan fingerprint density at radius 2 is 1.94 bits per heavy atom. The van der Waals surface area contributed by atoms with E-state index < -0.39 is 12.8 Å². The zero-order valence-corrected chi connectivity index (χ0v) is 10.9. The third kappa shape index (κ3) is 6.26. The normalized spacial score (nSPS) is 18.5. The van der Waals surface area contributed by atoms with Crippen molar-refractivity contribution >= 4 is 21.8 Å². The predicted molar refractivity (Wildman–Crippen MR) is 60.0 cm³/mol. The summed E-state index contributed by atoms with van der Waals surface area (Å²) < 4.78 is 39.7. The Labute approximate surface area is 106 Å². The molecule has 17 heavy (non-hydrogen) atoms. The quantitative estimate of drug-likeness (QED) is 0.588. The smallest absolute Gasteiger partial charge is 0.372 e. The average molecular weight is 318 g/mol. The van der Waals surface area contributed by atoms with Crippen LogP contribution in [-0.4, -0.2) is 48.1 Å². The van der Waals surface area contributed by atoms with Gasteiger partial charge in [-0.25, -0.2) is 0 Å². The van der Waals surface area contributed by atoms with Gasteiger partial charge in [0.05, 0.1) is 13.0 Å². The van der Waals surface area contributed by atoms with Crippen LogP contribution in [0.3, 0.4) is 0 Å². The van der Waals surface area contributed by atoms with Gasteiger partial charge in [-0.15, -0.1) is 0 Å². The fourth-order valence-corrected chi connectivity index (χ4v) is 2.01. The van der Waals surface area contributed by atoms with Crippen molar-refractivity contribution in [1.82, 2.24) is 4.90 Å². The Morgan fingerprint density at radius 3 is 2.47 bits per heavy atom. The van der Waals surface area contributed by atoms with Gasteiger partial charge >= 0.3 is 6.18 Å². The van der Waals surface area contributed by atoms with Crippen molar-refractivity contribution in [2.45, 2.75) is 30.3 Å². The molecule has 0 N–H and O–H groups in total. The molecule has 1 aliphatic rings. The van der Waals surface area contributed by atoms with Crippen molar-refractivity contribution in [2.75, 3.05) is 26.3 Å². The fourth-order valence-electron chi connectivity index (χ4n) is 1.60. The Balaban J connectivity index is 2.13. The first-order valence-corrected chi connectivity index (χ1v) is 6.36. The van der Waals surface area contributed by atoms with Crippen LogP contribution in [-0.2, 0) is 9.53 Å². The van der Waals surface area contributed by atoms with Crippen molar-refractivity contribution in [3.8, 4) is 0 Å². The first kappa shape index (κ1) is 14.8. The number of halogens is 4. The van der Waals surface area contributed by atoms with E-state index in [9.17, 15) is 18.0 Å². The van der Waals surface area contributed by atoms with Crippen molar-refractivity contribution in [3.63, 3.8) is 0 Å². The van der Waals surface area contributed by atoms with Gasteiger partial charge in [-0.3, -0.25) is 4.79 Å². The summed E-state index contributed by atoms with van der Waals surface area (Å²) in [5.74, 6) is -0.133. The lowest BCUT2D eigenvalue weighted by molar-refractivity contribution is -0.175. The number of nitrogens with zero attached hydrogens (tertiary/aromatic N) is 1. The molecule has 0 aromatic heterocycles. The Morgan fingerprint density at radius 1 is 1.35 bits per heavy atom. The summed E-state index contributed by atoms with van der Waals surface area (Å²) in [6.45, 7) is -0.140. The number of carbonyl (C=O) groups is 1. The maximum Gasteiger partial charge on any atom is 0.411 e. The van der Waals surface area contributed by atoms with E-state index >= 15 is 0 Å². The monoisotopic (exact) mass is 317 g/mol. The zero-order valence-electron chi connectivity index (χ0n) is 9.30. The number of amides is 1. The Kier molecular flexibility index (Phi) is 5.72. The first-order chi connectivity index (χ1) is 7.88. The van der Waals surface area contributed by atoms with Gasteiger partial charge in [0.2, 0.25) is 5.91 Å². The molecule has 0 bridgehead atoms. The molecule has 0 aromatic rings. The molecular formula is C10H15BrF3NO2. The molecule has 100 valence electrons. The summed E-state index contributed by atoms with van der Waals surface area (Å²) in [5, 5.41) is 0. The lowest BCUT2D eigenvalue weighted by atomic mass is 10.1. The van der Waals surface area contributed by atoms with Crippen LogP contribution in [0, 0.1) is 0 Å². The second-order valence-electron chi connectivity index (χ2n) is 3.97. The molecule has 1 fully saturated rings. The average Bonchev–Trinajstić information content (AvgIpc) is 2.24. The highest BCUT2D eigenvalue weighted by Gasteiger charge is 2.27. The van der Waals surface area contributed by atoms with Crippen LogP contribution in [0.5, 0.6) is 0 Å². The van der Waals surface area contributed by atoms with E-state index in [0.29, 0.717) is 17.9 Å². The van der Waals surface area contributed by atoms with Gasteiger partial charge in [-0.2, -0.15) is 13.2 Å². The van der Waals surface area contributed by atoms with E-state index in [1.165, 1.54) is 0 Å². The number of carbonyl (C=O) groups excluding carboxylic acids is 1. The van der Waals surface area contributed by atoms with Crippen molar-refractivity contribution < 1.29 is 22.7 Å². The molecule has 0 radical (unpaired) electrons. The van der Waals surface area contributed by atoms with Crippen LogP contribution in [0.15, 0.2) is 0 Å². The van der Waals surface area contributed by atoms with Crippen LogP contribution >= 0.6 is 15.9 Å². The molecule has 0 unspecified atom stereocenters. The standard InChI is InChI=1S/C10H15BrF3NO2/c11-8-1-4-15(5-2-8)9(16)3-6-17-7-10(12,13)14/h8H,1-7H2. The van der Waals surface area contributed by atoms with Crippen molar-refractivity contribution in [1.29, 1.82) is 0 Å². The van der Waals surface area contributed by atoms with E-state index in [4.69, 9.17) is 0 Å². The number of ether oxygens (including phenoxy) is 1. The largest absolute Gasteiger partial charge is 0.411 e. The summed E-state index contributed by atoms with van der Waals surface area (Å²) in [7, 11) is 0. The van der Waals surface area contributed by atoms with Gasteiger partial charge in [0, 0.05) is 17.9 Å². The lowest BCUT2D eigenvalue weighted by Crippen LogP contribution is -2.39. The second-order valence-corrected chi connectivity index (χ2v) is 5.27. The van der Waals surface area contributed by atoms with Crippen LogP contribution in [0.2, 0.25) is 0 Å². The predicted octanol–water partition coefficient (Wildman–Crippen LogP) is 2.34. The molecule has 0 aliphatic carbocycles. The number of rotatable bonds is 4. The van der Waals surface area contributed by atoms with Crippen LogP contribution < -0.4 is 0 Å². The van der Waals surface area contributed by atoms with E-state index in [2.05, 4.69) is 20.7 Å². The first-order valence-electron chi connectivity index (χ1n) is 5.45. The van der Waals surface area contributed by atoms with Gasteiger partial charge in [0.15, 0.2) is 0 Å². The molecule has 7 heteroatoms.